The summed E-state index contributed by atoms with van der Waals surface area (Å²) in [6, 6.07) is 6.02. The molecule has 6 nitrogen and oxygen atoms in total. The lowest BCUT2D eigenvalue weighted by atomic mass is 10.1. The van der Waals surface area contributed by atoms with Crippen LogP contribution in [0.1, 0.15) is 22.8 Å². The fraction of sp³-hybridized carbons (Fsp3) is 0.300. The lowest BCUT2D eigenvalue weighted by Crippen LogP contribution is -2.38. The summed E-state index contributed by atoms with van der Waals surface area (Å²) in [7, 11) is -4.07. The smallest absolute Gasteiger partial charge is 0.329 e. The molecule has 7 heteroatoms. The van der Waals surface area contributed by atoms with Gasteiger partial charge in [0, 0.05) is 5.56 Å². The monoisotopic (exact) mass is 258 g/mol. The van der Waals surface area contributed by atoms with Gasteiger partial charge in [-0.3, -0.25) is 9.36 Å². The maximum atomic E-state index is 11.5. The molecule has 1 aromatic carbocycles. The maximum absolute atomic E-state index is 11.5. The molecular formula is C10H15N2O4P. The van der Waals surface area contributed by atoms with E-state index in [0.717, 1.165) is 0 Å². The SMILES string of the molecule is CC(N)NC(=O)c1ccc(CP(=O)(O)O)cc1. The molecule has 0 bridgehead atoms. The Morgan fingerprint density at radius 3 is 2.35 bits per heavy atom. The predicted molar refractivity (Wildman–Crippen MR) is 63.3 cm³/mol. The average molecular weight is 258 g/mol. The Hall–Kier alpha value is -1.20. The first-order chi connectivity index (χ1) is 7.78. The van der Waals surface area contributed by atoms with Gasteiger partial charge in [0.15, 0.2) is 0 Å². The number of hydrogen-bond donors (Lipinski definition) is 4. The summed E-state index contributed by atoms with van der Waals surface area (Å²) in [6.07, 6.45) is -0.778. The molecule has 94 valence electrons. The molecule has 0 aromatic heterocycles. The molecule has 0 heterocycles. The number of carbonyl (C=O) groups is 1. The van der Waals surface area contributed by atoms with E-state index in [1.807, 2.05) is 0 Å². The van der Waals surface area contributed by atoms with E-state index in [4.69, 9.17) is 15.5 Å². The first-order valence-electron chi connectivity index (χ1n) is 4.98. The summed E-state index contributed by atoms with van der Waals surface area (Å²) in [5.41, 5.74) is 6.29. The van der Waals surface area contributed by atoms with Gasteiger partial charge in [-0.2, -0.15) is 0 Å². The van der Waals surface area contributed by atoms with Crippen LogP contribution in [0.15, 0.2) is 24.3 Å². The van der Waals surface area contributed by atoms with Crippen LogP contribution in [0.4, 0.5) is 0 Å². The van der Waals surface area contributed by atoms with Crippen molar-refractivity contribution < 1.29 is 19.1 Å². The average Bonchev–Trinajstić information content (AvgIpc) is 2.15. The first-order valence-corrected chi connectivity index (χ1v) is 6.77. The molecule has 0 fully saturated rings. The molecule has 1 unspecified atom stereocenters. The van der Waals surface area contributed by atoms with E-state index in [2.05, 4.69) is 5.32 Å². The standard InChI is InChI=1S/C10H15N2O4P/c1-7(11)12-10(13)9-4-2-8(3-5-9)6-17(14,15)16/h2-5,7H,6,11H2,1H3,(H,12,13)(H2,14,15,16). The predicted octanol–water partition coefficient (Wildman–Crippen LogP) is 0.399. The summed E-state index contributed by atoms with van der Waals surface area (Å²) in [5, 5.41) is 2.51. The van der Waals surface area contributed by atoms with E-state index in [1.54, 1.807) is 6.92 Å². The second-order valence-electron chi connectivity index (χ2n) is 3.78. The van der Waals surface area contributed by atoms with E-state index in [9.17, 15) is 9.36 Å². The van der Waals surface area contributed by atoms with Crippen molar-refractivity contribution in [1.29, 1.82) is 0 Å². The van der Waals surface area contributed by atoms with Gasteiger partial charge < -0.3 is 20.8 Å². The van der Waals surface area contributed by atoms with Gasteiger partial charge in [-0.15, -0.1) is 0 Å². The Balaban J connectivity index is 2.74. The van der Waals surface area contributed by atoms with Gasteiger partial charge in [-0.05, 0) is 24.6 Å². The second kappa shape index (κ2) is 5.42. The molecule has 17 heavy (non-hydrogen) atoms. The zero-order chi connectivity index (χ0) is 13.1. The summed E-state index contributed by atoms with van der Waals surface area (Å²) < 4.78 is 10.8. The van der Waals surface area contributed by atoms with Gasteiger partial charge in [0.1, 0.15) is 0 Å². The summed E-state index contributed by atoms with van der Waals surface area (Å²) in [5.74, 6) is -0.317. The van der Waals surface area contributed by atoms with E-state index in [1.165, 1.54) is 24.3 Å². The Kier molecular flexibility index (Phi) is 4.42. The molecule has 0 aliphatic heterocycles. The molecule has 0 saturated heterocycles. The van der Waals surface area contributed by atoms with Crippen LogP contribution >= 0.6 is 7.60 Å². The van der Waals surface area contributed by atoms with Crippen molar-refractivity contribution in [3.8, 4) is 0 Å². The van der Waals surface area contributed by atoms with Crippen molar-refractivity contribution in [3.05, 3.63) is 35.4 Å². The summed E-state index contributed by atoms with van der Waals surface area (Å²) >= 11 is 0. The van der Waals surface area contributed by atoms with E-state index < -0.39 is 13.8 Å². The topological polar surface area (TPSA) is 113 Å². The normalized spacial score (nSPS) is 13.2. The van der Waals surface area contributed by atoms with Crippen molar-refractivity contribution in [3.63, 3.8) is 0 Å². The highest BCUT2D eigenvalue weighted by Crippen LogP contribution is 2.38. The van der Waals surface area contributed by atoms with Crippen LogP contribution in [0, 0.1) is 0 Å². The molecular weight excluding hydrogens is 243 g/mol. The third-order valence-corrected chi connectivity index (χ3v) is 2.74. The van der Waals surface area contributed by atoms with Crippen molar-refractivity contribution >= 4 is 13.5 Å². The fourth-order valence-electron chi connectivity index (χ4n) is 1.29. The minimum absolute atomic E-state index is 0.317. The molecule has 1 rings (SSSR count). The molecule has 1 aromatic rings. The third-order valence-electron chi connectivity index (χ3n) is 1.96. The lowest BCUT2D eigenvalue weighted by Gasteiger charge is -2.09. The van der Waals surface area contributed by atoms with Gasteiger partial charge >= 0.3 is 7.60 Å². The van der Waals surface area contributed by atoms with Gasteiger partial charge in [0.05, 0.1) is 12.3 Å². The van der Waals surface area contributed by atoms with Crippen LogP contribution in [0.2, 0.25) is 0 Å². The Bertz CT molecular complexity index is 438. The van der Waals surface area contributed by atoms with E-state index in [-0.39, 0.29) is 12.1 Å². The highest BCUT2D eigenvalue weighted by molar-refractivity contribution is 7.50. The van der Waals surface area contributed by atoms with Gasteiger partial charge in [-0.25, -0.2) is 0 Å². The van der Waals surface area contributed by atoms with Gasteiger partial charge in [-0.1, -0.05) is 12.1 Å². The summed E-state index contributed by atoms with van der Waals surface area (Å²) in [4.78, 5) is 29.1. The number of nitrogens with one attached hydrogen (secondary N) is 1. The number of amides is 1. The molecule has 0 aliphatic rings. The molecule has 5 N–H and O–H groups in total. The van der Waals surface area contributed by atoms with Crippen LogP contribution in [0.3, 0.4) is 0 Å². The van der Waals surface area contributed by atoms with E-state index >= 15 is 0 Å². The number of carbonyl (C=O) groups excluding carboxylic acids is 1. The van der Waals surface area contributed by atoms with E-state index in [0.29, 0.717) is 11.1 Å². The largest absolute Gasteiger partial charge is 0.337 e. The van der Waals surface area contributed by atoms with Crippen LogP contribution in [-0.4, -0.2) is 21.9 Å². The zero-order valence-electron chi connectivity index (χ0n) is 9.33. The van der Waals surface area contributed by atoms with Gasteiger partial charge in [0.2, 0.25) is 0 Å². The second-order valence-corrected chi connectivity index (χ2v) is 5.43. The van der Waals surface area contributed by atoms with Crippen LogP contribution in [0.25, 0.3) is 0 Å². The minimum Gasteiger partial charge on any atom is -0.337 e. The van der Waals surface area contributed by atoms with Crippen molar-refractivity contribution in [1.82, 2.24) is 5.32 Å². The lowest BCUT2D eigenvalue weighted by molar-refractivity contribution is 0.0941. The minimum atomic E-state index is -4.07. The molecule has 0 spiro atoms. The van der Waals surface area contributed by atoms with Crippen molar-refractivity contribution in [2.24, 2.45) is 5.73 Å². The summed E-state index contributed by atoms with van der Waals surface area (Å²) in [6.45, 7) is 1.64. The molecule has 1 atom stereocenters. The third kappa shape index (κ3) is 5.10. The quantitative estimate of drug-likeness (QED) is 0.461. The first kappa shape index (κ1) is 13.9. The highest BCUT2D eigenvalue weighted by Gasteiger charge is 2.14. The Morgan fingerprint density at radius 2 is 1.94 bits per heavy atom. The Labute approximate surface area is 99.0 Å². The van der Waals surface area contributed by atoms with Crippen molar-refractivity contribution in [2.75, 3.05) is 0 Å². The molecule has 0 aliphatic carbocycles. The Morgan fingerprint density at radius 1 is 1.41 bits per heavy atom. The highest BCUT2D eigenvalue weighted by atomic mass is 31.2. The molecule has 0 saturated carbocycles. The van der Waals surface area contributed by atoms with Crippen LogP contribution < -0.4 is 11.1 Å². The number of hydrogen-bond acceptors (Lipinski definition) is 3. The maximum Gasteiger partial charge on any atom is 0.329 e. The van der Waals surface area contributed by atoms with Crippen LogP contribution in [-0.2, 0) is 10.7 Å². The number of benzene rings is 1. The van der Waals surface area contributed by atoms with Crippen LogP contribution in [0.5, 0.6) is 0 Å². The van der Waals surface area contributed by atoms with Gasteiger partial charge in [0.25, 0.3) is 5.91 Å². The molecule has 0 radical (unpaired) electrons. The zero-order valence-corrected chi connectivity index (χ0v) is 10.2. The van der Waals surface area contributed by atoms with Crippen molar-refractivity contribution in [2.45, 2.75) is 19.3 Å². The fourth-order valence-corrected chi connectivity index (χ4v) is 1.98. The number of nitrogens with two attached hydrogens (primary N) is 1. The molecule has 1 amide bonds. The number of rotatable bonds is 4.